The van der Waals surface area contributed by atoms with Crippen molar-refractivity contribution in [3.05, 3.63) is 29.8 Å². The molecule has 1 rings (SSSR count). The first-order valence-electron chi connectivity index (χ1n) is 6.28. The lowest BCUT2D eigenvalue weighted by atomic mass is 10.1. The maximum atomic E-state index is 12.1. The van der Waals surface area contributed by atoms with Crippen LogP contribution in [0.4, 0.5) is 0 Å². The Labute approximate surface area is 116 Å². The molecule has 0 heterocycles. The molecule has 0 aromatic heterocycles. The highest BCUT2D eigenvalue weighted by molar-refractivity contribution is 7.85. The molecule has 0 fully saturated rings. The summed E-state index contributed by atoms with van der Waals surface area (Å²) in [6.07, 6.45) is 0.698. The molecule has 5 heteroatoms. The molecule has 1 atom stereocenters. The third kappa shape index (κ3) is 5.53. The number of hydrogen-bond donors (Lipinski definition) is 0. The third-order valence-corrected chi connectivity index (χ3v) is 3.83. The van der Waals surface area contributed by atoms with Crippen LogP contribution in [-0.4, -0.2) is 41.8 Å². The van der Waals surface area contributed by atoms with Crippen molar-refractivity contribution >= 4 is 16.6 Å². The van der Waals surface area contributed by atoms with E-state index in [1.54, 1.807) is 25.3 Å². The molecule has 0 bridgehead atoms. The van der Waals surface area contributed by atoms with Gasteiger partial charge < -0.3 is 9.47 Å². The van der Waals surface area contributed by atoms with Crippen molar-refractivity contribution in [2.24, 2.45) is 0 Å². The van der Waals surface area contributed by atoms with Gasteiger partial charge in [-0.2, -0.15) is 0 Å². The van der Waals surface area contributed by atoms with Crippen LogP contribution in [0.3, 0.4) is 0 Å². The predicted molar refractivity (Wildman–Crippen MR) is 76.3 cm³/mol. The number of Topliss-reactive ketones (excluding diaryl/α,β-unsaturated/α-hetero) is 1. The number of carbonyl (C=O) groups is 1. The van der Waals surface area contributed by atoms with Crippen molar-refractivity contribution in [2.75, 3.05) is 31.8 Å². The lowest BCUT2D eigenvalue weighted by Gasteiger charge is -2.08. The van der Waals surface area contributed by atoms with E-state index in [-0.39, 0.29) is 11.5 Å². The van der Waals surface area contributed by atoms with E-state index < -0.39 is 10.8 Å². The van der Waals surface area contributed by atoms with Crippen molar-refractivity contribution in [1.82, 2.24) is 0 Å². The van der Waals surface area contributed by atoms with Crippen LogP contribution >= 0.6 is 0 Å². The molecule has 0 saturated carbocycles. The van der Waals surface area contributed by atoms with Gasteiger partial charge in [0.25, 0.3) is 0 Å². The summed E-state index contributed by atoms with van der Waals surface area (Å²) < 4.78 is 22.1. The summed E-state index contributed by atoms with van der Waals surface area (Å²) in [5, 5.41) is 0. The number of rotatable bonds is 9. The summed E-state index contributed by atoms with van der Waals surface area (Å²) in [4.78, 5) is 12.1. The lowest BCUT2D eigenvalue weighted by molar-refractivity contribution is 0.101. The molecule has 0 aliphatic carbocycles. The maximum absolute atomic E-state index is 12.1. The van der Waals surface area contributed by atoms with Gasteiger partial charge in [0.1, 0.15) is 5.75 Å². The molecule has 0 aliphatic rings. The Balaban J connectivity index is 2.60. The molecule has 106 valence electrons. The Morgan fingerprint density at radius 3 is 2.74 bits per heavy atom. The van der Waals surface area contributed by atoms with Crippen LogP contribution in [0, 0.1) is 0 Å². The normalized spacial score (nSPS) is 12.1. The van der Waals surface area contributed by atoms with E-state index in [1.807, 2.05) is 13.0 Å². The van der Waals surface area contributed by atoms with Gasteiger partial charge in [-0.1, -0.05) is 12.1 Å². The standard InChI is InChI=1S/C14H20O4S/c1-3-18-14-8-5-4-7-12(14)13(15)11-19(16)10-6-9-17-2/h4-5,7-8H,3,6,9-11H2,1-2H3. The van der Waals surface area contributed by atoms with Gasteiger partial charge in [0, 0.05) is 30.3 Å². The first kappa shape index (κ1) is 15.9. The van der Waals surface area contributed by atoms with E-state index in [1.165, 1.54) is 0 Å². The zero-order valence-electron chi connectivity index (χ0n) is 11.4. The van der Waals surface area contributed by atoms with E-state index in [0.717, 1.165) is 0 Å². The van der Waals surface area contributed by atoms with Crippen LogP contribution in [0.5, 0.6) is 5.75 Å². The van der Waals surface area contributed by atoms with Crippen LogP contribution in [0.2, 0.25) is 0 Å². The zero-order chi connectivity index (χ0) is 14.1. The first-order chi connectivity index (χ1) is 9.19. The molecule has 0 N–H and O–H groups in total. The first-order valence-corrected chi connectivity index (χ1v) is 7.76. The second kappa shape index (κ2) is 8.82. The lowest BCUT2D eigenvalue weighted by Crippen LogP contribution is -2.15. The van der Waals surface area contributed by atoms with Gasteiger partial charge in [-0.3, -0.25) is 9.00 Å². The summed E-state index contributed by atoms with van der Waals surface area (Å²) >= 11 is 0. The van der Waals surface area contributed by atoms with Crippen LogP contribution in [0.15, 0.2) is 24.3 Å². The Kier molecular flexibility index (Phi) is 7.36. The van der Waals surface area contributed by atoms with Crippen LogP contribution in [0.1, 0.15) is 23.7 Å². The van der Waals surface area contributed by atoms with Gasteiger partial charge in [-0.15, -0.1) is 0 Å². The van der Waals surface area contributed by atoms with Gasteiger partial charge in [0.15, 0.2) is 5.78 Å². The molecule has 1 unspecified atom stereocenters. The minimum absolute atomic E-state index is 0.0355. The fourth-order valence-electron chi connectivity index (χ4n) is 1.64. The number of ketones is 1. The van der Waals surface area contributed by atoms with E-state index in [9.17, 15) is 9.00 Å². The second-order valence-corrected chi connectivity index (χ2v) is 5.56. The SMILES string of the molecule is CCOc1ccccc1C(=O)CS(=O)CCCOC. The number of para-hydroxylation sites is 1. The van der Waals surface area contributed by atoms with Gasteiger partial charge >= 0.3 is 0 Å². The molecule has 4 nitrogen and oxygen atoms in total. The number of carbonyl (C=O) groups excluding carboxylic acids is 1. The Bertz CT molecular complexity index is 431. The Hall–Kier alpha value is -1.20. The molecule has 0 radical (unpaired) electrons. The molecule has 0 aliphatic heterocycles. The summed E-state index contributed by atoms with van der Waals surface area (Å²) in [6, 6.07) is 7.06. The largest absolute Gasteiger partial charge is 0.493 e. The molecule has 0 saturated heterocycles. The highest BCUT2D eigenvalue weighted by Crippen LogP contribution is 2.18. The van der Waals surface area contributed by atoms with Gasteiger partial charge in [-0.05, 0) is 25.5 Å². The molecule has 1 aromatic carbocycles. The molecular weight excluding hydrogens is 264 g/mol. The van der Waals surface area contributed by atoms with Crippen molar-refractivity contribution in [1.29, 1.82) is 0 Å². The topological polar surface area (TPSA) is 52.6 Å². The van der Waals surface area contributed by atoms with Crippen molar-refractivity contribution < 1.29 is 18.5 Å². The summed E-state index contributed by atoms with van der Waals surface area (Å²) in [6.45, 7) is 2.93. The Morgan fingerprint density at radius 1 is 1.32 bits per heavy atom. The second-order valence-electron chi connectivity index (χ2n) is 3.99. The van der Waals surface area contributed by atoms with Crippen molar-refractivity contribution in [2.45, 2.75) is 13.3 Å². The zero-order valence-corrected chi connectivity index (χ0v) is 12.2. The highest BCUT2D eigenvalue weighted by Gasteiger charge is 2.14. The average Bonchev–Trinajstić information content (AvgIpc) is 2.40. The third-order valence-electron chi connectivity index (χ3n) is 2.50. The number of ether oxygens (including phenoxy) is 2. The van der Waals surface area contributed by atoms with Crippen LogP contribution < -0.4 is 4.74 Å². The fourth-order valence-corrected chi connectivity index (χ4v) is 2.67. The highest BCUT2D eigenvalue weighted by atomic mass is 32.2. The van der Waals surface area contributed by atoms with E-state index in [0.29, 0.717) is 36.7 Å². The van der Waals surface area contributed by atoms with E-state index >= 15 is 0 Å². The average molecular weight is 284 g/mol. The smallest absolute Gasteiger partial charge is 0.179 e. The number of methoxy groups -OCH3 is 1. The van der Waals surface area contributed by atoms with Gasteiger partial charge in [0.2, 0.25) is 0 Å². The Morgan fingerprint density at radius 2 is 2.05 bits per heavy atom. The molecule has 19 heavy (non-hydrogen) atoms. The number of hydrogen-bond acceptors (Lipinski definition) is 4. The summed E-state index contributed by atoms with van der Waals surface area (Å²) in [5.41, 5.74) is 0.504. The quantitative estimate of drug-likeness (QED) is 0.514. The van der Waals surface area contributed by atoms with Crippen LogP contribution in [0.25, 0.3) is 0 Å². The predicted octanol–water partition coefficient (Wildman–Crippen LogP) is 2.05. The monoisotopic (exact) mass is 284 g/mol. The molecular formula is C14H20O4S. The molecule has 1 aromatic rings. The number of benzene rings is 1. The van der Waals surface area contributed by atoms with Gasteiger partial charge in [0.05, 0.1) is 17.9 Å². The minimum atomic E-state index is -1.15. The molecule has 0 spiro atoms. The maximum Gasteiger partial charge on any atom is 0.179 e. The van der Waals surface area contributed by atoms with E-state index in [2.05, 4.69) is 0 Å². The molecule has 0 amide bonds. The van der Waals surface area contributed by atoms with Crippen molar-refractivity contribution in [3.8, 4) is 5.75 Å². The van der Waals surface area contributed by atoms with Gasteiger partial charge in [-0.25, -0.2) is 0 Å². The van der Waals surface area contributed by atoms with E-state index in [4.69, 9.17) is 9.47 Å². The minimum Gasteiger partial charge on any atom is -0.493 e. The summed E-state index contributed by atoms with van der Waals surface area (Å²) in [5.74, 6) is 0.938. The van der Waals surface area contributed by atoms with Crippen molar-refractivity contribution in [3.63, 3.8) is 0 Å². The fraction of sp³-hybridized carbons (Fsp3) is 0.500. The van der Waals surface area contributed by atoms with Crippen LogP contribution in [-0.2, 0) is 15.5 Å². The summed E-state index contributed by atoms with van der Waals surface area (Å²) in [7, 11) is 0.454.